The van der Waals surface area contributed by atoms with Crippen LogP contribution in [0.15, 0.2) is 24.3 Å². The van der Waals surface area contributed by atoms with Crippen molar-refractivity contribution in [1.82, 2.24) is 5.32 Å². The molecule has 0 aromatic rings. The minimum atomic E-state index is -0.659. The molecule has 3 N–H and O–H groups in total. The van der Waals surface area contributed by atoms with Crippen molar-refractivity contribution in [2.24, 2.45) is 0 Å². The van der Waals surface area contributed by atoms with E-state index < -0.39 is 12.1 Å². The van der Waals surface area contributed by atoms with Gasteiger partial charge in [0.2, 0.25) is 5.91 Å². The highest BCUT2D eigenvalue weighted by molar-refractivity contribution is 5.76. The molecule has 0 aliphatic heterocycles. The minimum absolute atomic E-state index is 0.0214. The average Bonchev–Trinajstić information content (AvgIpc) is 3.43. The van der Waals surface area contributed by atoms with E-state index in [0.717, 1.165) is 32.1 Å². The summed E-state index contributed by atoms with van der Waals surface area (Å²) in [6, 6.07) is -0.536. The van der Waals surface area contributed by atoms with E-state index in [4.69, 9.17) is 0 Å². The van der Waals surface area contributed by atoms with E-state index in [0.29, 0.717) is 12.8 Å². The van der Waals surface area contributed by atoms with Crippen LogP contribution in [0.1, 0.15) is 418 Å². The zero-order chi connectivity index (χ0) is 55.5. The van der Waals surface area contributed by atoms with Gasteiger partial charge in [-0.15, -0.1) is 0 Å². The molecule has 77 heavy (non-hydrogen) atoms. The first-order chi connectivity index (χ1) is 38.2. The molecule has 2 atom stereocenters. The Morgan fingerprint density at radius 1 is 0.312 bits per heavy atom. The Morgan fingerprint density at radius 2 is 0.532 bits per heavy atom. The van der Waals surface area contributed by atoms with Crippen LogP contribution in [0.25, 0.3) is 0 Å². The number of amides is 1. The average molecular weight is 1080 g/mol. The monoisotopic (exact) mass is 1080 g/mol. The van der Waals surface area contributed by atoms with Crippen molar-refractivity contribution in [3.05, 3.63) is 24.3 Å². The number of rotatable bonds is 68. The molecule has 0 bridgehead atoms. The number of allylic oxidation sites excluding steroid dienone is 4. The summed E-state index contributed by atoms with van der Waals surface area (Å²) in [6.07, 6.45) is 93.9. The van der Waals surface area contributed by atoms with Gasteiger partial charge in [0, 0.05) is 6.42 Å². The predicted octanol–water partition coefficient (Wildman–Crippen LogP) is 24.6. The summed E-state index contributed by atoms with van der Waals surface area (Å²) in [5, 5.41) is 23.5. The van der Waals surface area contributed by atoms with Crippen LogP contribution in [0.5, 0.6) is 0 Å². The lowest BCUT2D eigenvalue weighted by Crippen LogP contribution is -2.45. The van der Waals surface area contributed by atoms with E-state index in [-0.39, 0.29) is 12.5 Å². The topological polar surface area (TPSA) is 69.6 Å². The summed E-state index contributed by atoms with van der Waals surface area (Å²) >= 11 is 0. The Kier molecular flexibility index (Phi) is 68.1. The Morgan fingerprint density at radius 3 is 0.779 bits per heavy atom. The fourth-order valence-corrected chi connectivity index (χ4v) is 11.8. The molecule has 0 fully saturated rings. The van der Waals surface area contributed by atoms with Gasteiger partial charge in [0.25, 0.3) is 0 Å². The SMILES string of the molecule is CCCCCCC/C=C\C/C=C\CCCCCCCCCCCCCCCCCCCCCCCC(=O)NC(CO)C(O)CCCCCCCCCCCCCCCCCCCCCCCCCCCCCCCCCC. The summed E-state index contributed by atoms with van der Waals surface area (Å²) < 4.78 is 0. The number of hydrogen-bond donors (Lipinski definition) is 3. The number of unbranched alkanes of at least 4 members (excludes halogenated alkanes) is 57. The molecule has 0 aromatic heterocycles. The number of hydrogen-bond acceptors (Lipinski definition) is 3. The van der Waals surface area contributed by atoms with Crippen molar-refractivity contribution in [2.45, 2.75) is 431 Å². The summed E-state index contributed by atoms with van der Waals surface area (Å²) in [4.78, 5) is 12.6. The Hall–Kier alpha value is -1.13. The standard InChI is InChI=1S/C73H143NO3/c1-3-5-7-9-11-13-15-17-19-21-23-25-27-29-31-33-35-37-39-41-43-45-47-49-51-53-55-57-59-61-63-65-67-69-73(77)74-71(70-75)72(76)68-66-64-62-60-58-56-54-52-50-48-46-44-42-40-38-36-34-32-30-28-26-24-22-20-18-16-14-12-10-8-6-4-2/h15,17,21,23,71-72,75-76H,3-14,16,18-20,22,24-70H2,1-2H3,(H,74,77)/b17-15-,23-21-. The summed E-state index contributed by atoms with van der Waals surface area (Å²) in [5.41, 5.74) is 0. The molecule has 2 unspecified atom stereocenters. The number of aliphatic hydroxyl groups is 2. The second-order valence-electron chi connectivity index (χ2n) is 25.0. The van der Waals surface area contributed by atoms with Crippen LogP contribution < -0.4 is 5.32 Å². The summed E-state index contributed by atoms with van der Waals surface area (Å²) in [7, 11) is 0. The quantitative estimate of drug-likeness (QED) is 0.0420. The van der Waals surface area contributed by atoms with E-state index in [9.17, 15) is 15.0 Å². The molecular weight excluding hydrogens is 939 g/mol. The second kappa shape index (κ2) is 69.1. The highest BCUT2D eigenvalue weighted by Gasteiger charge is 2.20. The molecule has 0 aliphatic carbocycles. The molecule has 0 radical (unpaired) electrons. The molecular formula is C73H143NO3. The molecule has 0 saturated heterocycles. The number of nitrogens with one attached hydrogen (secondary N) is 1. The summed E-state index contributed by atoms with van der Waals surface area (Å²) in [6.45, 7) is 4.40. The lowest BCUT2D eigenvalue weighted by molar-refractivity contribution is -0.123. The van der Waals surface area contributed by atoms with E-state index in [1.165, 1.54) is 360 Å². The highest BCUT2D eigenvalue weighted by atomic mass is 16.3. The van der Waals surface area contributed by atoms with Gasteiger partial charge in [0.1, 0.15) is 0 Å². The molecule has 4 heteroatoms. The molecule has 458 valence electrons. The largest absolute Gasteiger partial charge is 0.394 e. The second-order valence-corrected chi connectivity index (χ2v) is 25.0. The number of aliphatic hydroxyl groups excluding tert-OH is 2. The fraction of sp³-hybridized carbons (Fsp3) is 0.932. The van der Waals surface area contributed by atoms with Gasteiger partial charge in [-0.05, 0) is 44.9 Å². The number of carbonyl (C=O) groups excluding carboxylic acids is 1. The molecule has 1 amide bonds. The lowest BCUT2D eigenvalue weighted by Gasteiger charge is -2.22. The van der Waals surface area contributed by atoms with Gasteiger partial charge in [0.15, 0.2) is 0 Å². The van der Waals surface area contributed by atoms with Crippen LogP contribution >= 0.6 is 0 Å². The van der Waals surface area contributed by atoms with Crippen LogP contribution in [0.2, 0.25) is 0 Å². The lowest BCUT2D eigenvalue weighted by atomic mass is 10.0. The predicted molar refractivity (Wildman–Crippen MR) is 346 cm³/mol. The molecule has 0 spiro atoms. The van der Waals surface area contributed by atoms with Gasteiger partial charge in [-0.3, -0.25) is 4.79 Å². The highest BCUT2D eigenvalue weighted by Crippen LogP contribution is 2.20. The first-order valence-electron chi connectivity index (χ1n) is 36.0. The first kappa shape index (κ1) is 75.9. The van der Waals surface area contributed by atoms with E-state index in [2.05, 4.69) is 43.5 Å². The smallest absolute Gasteiger partial charge is 0.220 e. The number of carbonyl (C=O) groups is 1. The molecule has 0 heterocycles. The maximum atomic E-state index is 12.6. The molecule has 0 aliphatic rings. The Labute approximate surface area is 485 Å². The molecule has 4 nitrogen and oxygen atoms in total. The van der Waals surface area contributed by atoms with Crippen molar-refractivity contribution < 1.29 is 15.0 Å². The van der Waals surface area contributed by atoms with Gasteiger partial charge in [-0.25, -0.2) is 0 Å². The van der Waals surface area contributed by atoms with Crippen LogP contribution in [-0.4, -0.2) is 34.9 Å². The van der Waals surface area contributed by atoms with E-state index in [1.807, 2.05) is 0 Å². The van der Waals surface area contributed by atoms with Crippen LogP contribution in [-0.2, 0) is 4.79 Å². The van der Waals surface area contributed by atoms with Crippen molar-refractivity contribution in [3.63, 3.8) is 0 Å². The molecule has 0 saturated carbocycles. The first-order valence-corrected chi connectivity index (χ1v) is 36.0. The van der Waals surface area contributed by atoms with E-state index >= 15 is 0 Å². The fourth-order valence-electron chi connectivity index (χ4n) is 11.8. The third-order valence-electron chi connectivity index (χ3n) is 17.2. The van der Waals surface area contributed by atoms with Crippen LogP contribution in [0, 0.1) is 0 Å². The van der Waals surface area contributed by atoms with Crippen LogP contribution in [0.4, 0.5) is 0 Å². The van der Waals surface area contributed by atoms with Gasteiger partial charge in [-0.1, -0.05) is 391 Å². The van der Waals surface area contributed by atoms with Crippen molar-refractivity contribution in [3.8, 4) is 0 Å². The van der Waals surface area contributed by atoms with E-state index in [1.54, 1.807) is 0 Å². The summed E-state index contributed by atoms with van der Waals surface area (Å²) in [5.74, 6) is -0.0214. The maximum Gasteiger partial charge on any atom is 0.220 e. The normalized spacial score (nSPS) is 12.7. The Bertz CT molecular complexity index is 1140. The van der Waals surface area contributed by atoms with Gasteiger partial charge < -0.3 is 15.5 Å². The van der Waals surface area contributed by atoms with Gasteiger partial charge in [0.05, 0.1) is 18.8 Å². The zero-order valence-corrected chi connectivity index (χ0v) is 53.0. The molecule has 0 rings (SSSR count). The van der Waals surface area contributed by atoms with Gasteiger partial charge in [-0.2, -0.15) is 0 Å². The maximum absolute atomic E-state index is 12.6. The zero-order valence-electron chi connectivity index (χ0n) is 53.0. The third-order valence-corrected chi connectivity index (χ3v) is 17.2. The minimum Gasteiger partial charge on any atom is -0.394 e. The van der Waals surface area contributed by atoms with Crippen molar-refractivity contribution in [1.29, 1.82) is 0 Å². The Balaban J connectivity index is 3.37. The third kappa shape index (κ3) is 65.6. The van der Waals surface area contributed by atoms with Crippen molar-refractivity contribution in [2.75, 3.05) is 6.61 Å². The van der Waals surface area contributed by atoms with Gasteiger partial charge >= 0.3 is 0 Å². The van der Waals surface area contributed by atoms with Crippen molar-refractivity contribution >= 4 is 5.91 Å². The van der Waals surface area contributed by atoms with Crippen LogP contribution in [0.3, 0.4) is 0 Å². The molecule has 0 aromatic carbocycles.